The van der Waals surface area contributed by atoms with Gasteiger partial charge in [-0.25, -0.2) is 0 Å². The molecule has 0 radical (unpaired) electrons. The smallest absolute Gasteiger partial charge is 0.0794 e. The van der Waals surface area contributed by atoms with E-state index in [1.807, 2.05) is 18.8 Å². The fourth-order valence-electron chi connectivity index (χ4n) is 1.40. The Balaban J connectivity index is 2.08. The maximum Gasteiger partial charge on any atom is 0.0794 e. The van der Waals surface area contributed by atoms with Crippen LogP contribution in [0.5, 0.6) is 0 Å². The first kappa shape index (κ1) is 9.83. The summed E-state index contributed by atoms with van der Waals surface area (Å²) in [6.07, 6.45) is 2.97. The van der Waals surface area contributed by atoms with Crippen molar-refractivity contribution >= 4 is 22.7 Å². The molecule has 0 bridgehead atoms. The molecule has 2 heterocycles. The molecule has 1 unspecified atom stereocenters. The fourth-order valence-corrected chi connectivity index (χ4v) is 2.76. The standard InChI is InChI=1S/C10H12N2S2/c1-11-10(8-2-3-13-6-8)4-9-5-12-7-14-9/h2-3,5-7,10-11H,4H2,1H3. The molecule has 2 aromatic heterocycles. The van der Waals surface area contributed by atoms with Gasteiger partial charge in [-0.1, -0.05) is 0 Å². The molecule has 1 N–H and O–H groups in total. The minimum Gasteiger partial charge on any atom is -0.313 e. The summed E-state index contributed by atoms with van der Waals surface area (Å²) in [5.74, 6) is 0. The lowest BCUT2D eigenvalue weighted by Gasteiger charge is -2.13. The molecule has 0 spiro atoms. The quantitative estimate of drug-likeness (QED) is 0.863. The van der Waals surface area contributed by atoms with Gasteiger partial charge in [0.15, 0.2) is 0 Å². The summed E-state index contributed by atoms with van der Waals surface area (Å²) in [5.41, 5.74) is 3.25. The molecule has 0 saturated carbocycles. The molecular weight excluding hydrogens is 212 g/mol. The van der Waals surface area contributed by atoms with E-state index in [0.29, 0.717) is 6.04 Å². The Hall–Kier alpha value is -0.710. The van der Waals surface area contributed by atoms with Gasteiger partial charge in [0.2, 0.25) is 0 Å². The molecular formula is C10H12N2S2. The lowest BCUT2D eigenvalue weighted by atomic mass is 10.1. The van der Waals surface area contributed by atoms with Crippen LogP contribution >= 0.6 is 22.7 Å². The van der Waals surface area contributed by atoms with Crippen molar-refractivity contribution < 1.29 is 0 Å². The second kappa shape index (κ2) is 4.68. The van der Waals surface area contributed by atoms with Crippen LogP contribution in [0.1, 0.15) is 16.5 Å². The number of hydrogen-bond donors (Lipinski definition) is 1. The predicted octanol–water partition coefficient (Wildman–Crippen LogP) is 2.71. The summed E-state index contributed by atoms with van der Waals surface area (Å²) >= 11 is 3.46. The summed E-state index contributed by atoms with van der Waals surface area (Å²) in [5, 5.41) is 7.64. The summed E-state index contributed by atoms with van der Waals surface area (Å²) in [6.45, 7) is 0. The van der Waals surface area contributed by atoms with Gasteiger partial charge in [-0.3, -0.25) is 4.98 Å². The van der Waals surface area contributed by atoms with Crippen molar-refractivity contribution in [2.24, 2.45) is 0 Å². The van der Waals surface area contributed by atoms with E-state index in [9.17, 15) is 0 Å². The highest BCUT2D eigenvalue weighted by atomic mass is 32.1. The van der Waals surface area contributed by atoms with Crippen LogP contribution in [-0.4, -0.2) is 12.0 Å². The van der Waals surface area contributed by atoms with Gasteiger partial charge in [-0.2, -0.15) is 11.3 Å². The van der Waals surface area contributed by atoms with E-state index in [1.54, 1.807) is 22.7 Å². The number of nitrogens with zero attached hydrogens (tertiary/aromatic N) is 1. The average Bonchev–Trinajstić information content (AvgIpc) is 2.86. The Morgan fingerprint density at radius 1 is 1.57 bits per heavy atom. The van der Waals surface area contributed by atoms with Crippen LogP contribution in [-0.2, 0) is 6.42 Å². The van der Waals surface area contributed by atoms with Crippen LogP contribution in [0.15, 0.2) is 28.5 Å². The SMILES string of the molecule is CNC(Cc1cncs1)c1ccsc1. The van der Waals surface area contributed by atoms with Gasteiger partial charge in [-0.15, -0.1) is 11.3 Å². The van der Waals surface area contributed by atoms with Crippen molar-refractivity contribution in [3.63, 3.8) is 0 Å². The van der Waals surface area contributed by atoms with Crippen molar-refractivity contribution in [1.29, 1.82) is 0 Å². The Kier molecular flexibility index (Phi) is 3.29. The number of aromatic nitrogens is 1. The van der Waals surface area contributed by atoms with E-state index < -0.39 is 0 Å². The maximum atomic E-state index is 4.08. The largest absolute Gasteiger partial charge is 0.313 e. The lowest BCUT2D eigenvalue weighted by molar-refractivity contribution is 0.598. The molecule has 2 aromatic rings. The van der Waals surface area contributed by atoms with Crippen molar-refractivity contribution in [1.82, 2.24) is 10.3 Å². The van der Waals surface area contributed by atoms with E-state index in [-0.39, 0.29) is 0 Å². The number of thiophene rings is 1. The highest BCUT2D eigenvalue weighted by molar-refractivity contribution is 7.09. The van der Waals surface area contributed by atoms with Crippen molar-refractivity contribution in [2.45, 2.75) is 12.5 Å². The van der Waals surface area contributed by atoms with Crippen LogP contribution in [0.2, 0.25) is 0 Å². The third-order valence-corrected chi connectivity index (χ3v) is 3.69. The van der Waals surface area contributed by atoms with E-state index in [0.717, 1.165) is 6.42 Å². The van der Waals surface area contributed by atoms with Crippen molar-refractivity contribution in [2.75, 3.05) is 7.05 Å². The zero-order chi connectivity index (χ0) is 9.80. The van der Waals surface area contributed by atoms with Gasteiger partial charge in [-0.05, 0) is 29.4 Å². The maximum absolute atomic E-state index is 4.08. The first-order valence-electron chi connectivity index (χ1n) is 4.47. The Labute approximate surface area is 91.6 Å². The van der Waals surface area contributed by atoms with Crippen LogP contribution in [0.4, 0.5) is 0 Å². The summed E-state index contributed by atoms with van der Waals surface area (Å²) in [7, 11) is 2.00. The average molecular weight is 224 g/mol. The Morgan fingerprint density at radius 2 is 2.50 bits per heavy atom. The third kappa shape index (κ3) is 2.20. The molecule has 2 rings (SSSR count). The first-order valence-corrected chi connectivity index (χ1v) is 6.29. The first-order chi connectivity index (χ1) is 6.90. The molecule has 0 aromatic carbocycles. The molecule has 4 heteroatoms. The zero-order valence-corrected chi connectivity index (χ0v) is 9.57. The minimum absolute atomic E-state index is 0.418. The monoisotopic (exact) mass is 224 g/mol. The molecule has 0 aliphatic carbocycles. The third-order valence-electron chi connectivity index (χ3n) is 2.18. The second-order valence-corrected chi connectivity index (χ2v) is 4.82. The highest BCUT2D eigenvalue weighted by Crippen LogP contribution is 2.21. The van der Waals surface area contributed by atoms with Crippen LogP contribution in [0, 0.1) is 0 Å². The fraction of sp³-hybridized carbons (Fsp3) is 0.300. The van der Waals surface area contributed by atoms with Gasteiger partial charge >= 0.3 is 0 Å². The van der Waals surface area contributed by atoms with E-state index in [1.165, 1.54) is 10.4 Å². The molecule has 0 amide bonds. The van der Waals surface area contributed by atoms with Gasteiger partial charge in [0, 0.05) is 23.5 Å². The molecule has 0 aliphatic rings. The molecule has 0 fully saturated rings. The van der Waals surface area contributed by atoms with Crippen LogP contribution < -0.4 is 5.32 Å². The molecule has 74 valence electrons. The van der Waals surface area contributed by atoms with E-state index in [2.05, 4.69) is 27.1 Å². The van der Waals surface area contributed by atoms with Crippen molar-refractivity contribution in [3.05, 3.63) is 39.0 Å². The number of likely N-dealkylation sites (N-methyl/N-ethyl adjacent to an activating group) is 1. The van der Waals surface area contributed by atoms with Crippen LogP contribution in [0.3, 0.4) is 0 Å². The van der Waals surface area contributed by atoms with Crippen LogP contribution in [0.25, 0.3) is 0 Å². The molecule has 14 heavy (non-hydrogen) atoms. The number of thiazole rings is 1. The molecule has 0 aliphatic heterocycles. The predicted molar refractivity (Wildman–Crippen MR) is 61.9 cm³/mol. The molecule has 2 nitrogen and oxygen atoms in total. The summed E-state index contributed by atoms with van der Waals surface area (Å²) < 4.78 is 0. The van der Waals surface area contributed by atoms with E-state index >= 15 is 0 Å². The number of nitrogens with one attached hydrogen (secondary N) is 1. The number of hydrogen-bond acceptors (Lipinski definition) is 4. The van der Waals surface area contributed by atoms with Gasteiger partial charge < -0.3 is 5.32 Å². The second-order valence-electron chi connectivity index (χ2n) is 3.07. The van der Waals surface area contributed by atoms with Gasteiger partial charge in [0.25, 0.3) is 0 Å². The summed E-state index contributed by atoms with van der Waals surface area (Å²) in [6, 6.07) is 2.59. The molecule has 1 atom stereocenters. The Morgan fingerprint density at radius 3 is 3.07 bits per heavy atom. The normalized spacial score (nSPS) is 12.9. The topological polar surface area (TPSA) is 24.9 Å². The van der Waals surface area contributed by atoms with E-state index in [4.69, 9.17) is 0 Å². The Bertz CT molecular complexity index is 353. The minimum atomic E-state index is 0.418. The van der Waals surface area contributed by atoms with Gasteiger partial charge in [0.1, 0.15) is 0 Å². The van der Waals surface area contributed by atoms with Crippen molar-refractivity contribution in [3.8, 4) is 0 Å². The van der Waals surface area contributed by atoms with Gasteiger partial charge in [0.05, 0.1) is 5.51 Å². The lowest BCUT2D eigenvalue weighted by Crippen LogP contribution is -2.17. The number of rotatable bonds is 4. The highest BCUT2D eigenvalue weighted by Gasteiger charge is 2.10. The molecule has 0 saturated heterocycles. The zero-order valence-electron chi connectivity index (χ0n) is 7.93. The summed E-state index contributed by atoms with van der Waals surface area (Å²) in [4.78, 5) is 5.41.